The van der Waals surface area contributed by atoms with Crippen molar-refractivity contribution in [3.63, 3.8) is 0 Å². The minimum absolute atomic E-state index is 0.606. The van der Waals surface area contributed by atoms with Crippen molar-refractivity contribution in [1.29, 1.82) is 0 Å². The third-order valence-electron chi connectivity index (χ3n) is 3.98. The molecule has 1 rings (SSSR count). The van der Waals surface area contributed by atoms with Crippen LogP contribution in [0.5, 0.6) is 0 Å². The molecule has 1 fully saturated rings. The molecule has 0 aromatic rings. The van der Waals surface area contributed by atoms with Gasteiger partial charge in [-0.2, -0.15) is 0 Å². The second-order valence-corrected chi connectivity index (χ2v) is 5.26. The molecular weight excluding hydrogens is 224 g/mol. The molecule has 0 saturated heterocycles. The predicted octanol–water partition coefficient (Wildman–Crippen LogP) is 4.77. The summed E-state index contributed by atoms with van der Waals surface area (Å²) in [6.07, 6.45) is 10.1. The summed E-state index contributed by atoms with van der Waals surface area (Å²) in [5.41, 5.74) is 0.606. The Bertz CT molecular complexity index is 124. The fourth-order valence-electron chi connectivity index (χ4n) is 2.61. The Kier molecular flexibility index (Phi) is 4.78. The van der Waals surface area contributed by atoms with Gasteiger partial charge in [0.25, 0.3) is 0 Å². The molecule has 0 nitrogen and oxygen atoms in total. The van der Waals surface area contributed by atoms with E-state index >= 15 is 0 Å². The molecule has 1 aliphatic carbocycles. The van der Waals surface area contributed by atoms with Crippen molar-refractivity contribution >= 4 is 15.9 Å². The maximum Gasteiger partial charge on any atom is 0.00878 e. The quantitative estimate of drug-likeness (QED) is 0.614. The van der Waals surface area contributed by atoms with Gasteiger partial charge >= 0.3 is 0 Å². The maximum absolute atomic E-state index is 3.70. The molecule has 78 valence electrons. The van der Waals surface area contributed by atoms with Gasteiger partial charge in [-0.3, -0.25) is 0 Å². The topological polar surface area (TPSA) is 0 Å². The maximum atomic E-state index is 3.70. The highest BCUT2D eigenvalue weighted by molar-refractivity contribution is 9.09. The third-order valence-corrected chi connectivity index (χ3v) is 5.17. The molecule has 0 unspecified atom stereocenters. The predicted molar refractivity (Wildman–Crippen MR) is 63.4 cm³/mol. The van der Waals surface area contributed by atoms with E-state index in [0.29, 0.717) is 5.41 Å². The number of halogens is 1. The minimum Gasteiger partial charge on any atom is -0.0922 e. The van der Waals surface area contributed by atoms with E-state index in [4.69, 9.17) is 0 Å². The van der Waals surface area contributed by atoms with E-state index in [1.165, 1.54) is 50.3 Å². The zero-order valence-electron chi connectivity index (χ0n) is 9.11. The van der Waals surface area contributed by atoms with Crippen LogP contribution in [0, 0.1) is 11.3 Å². The summed E-state index contributed by atoms with van der Waals surface area (Å²) in [6, 6.07) is 0. The Morgan fingerprint density at radius 1 is 1.15 bits per heavy atom. The Morgan fingerprint density at radius 2 is 1.69 bits per heavy atom. The Balaban J connectivity index is 2.44. The van der Waals surface area contributed by atoms with Gasteiger partial charge in [0.1, 0.15) is 0 Å². The van der Waals surface area contributed by atoms with Crippen molar-refractivity contribution in [2.24, 2.45) is 11.3 Å². The van der Waals surface area contributed by atoms with Crippen LogP contribution in [0.15, 0.2) is 0 Å². The van der Waals surface area contributed by atoms with E-state index < -0.39 is 0 Å². The Hall–Kier alpha value is 0.480. The first kappa shape index (κ1) is 11.6. The summed E-state index contributed by atoms with van der Waals surface area (Å²) in [7, 11) is 0. The monoisotopic (exact) mass is 246 g/mol. The van der Waals surface area contributed by atoms with Crippen LogP contribution >= 0.6 is 15.9 Å². The Morgan fingerprint density at radius 3 is 2.08 bits per heavy atom. The molecule has 0 radical (unpaired) electrons. The average Bonchev–Trinajstić information content (AvgIpc) is 2.67. The third kappa shape index (κ3) is 2.97. The van der Waals surface area contributed by atoms with Gasteiger partial charge in [0.2, 0.25) is 0 Å². The molecule has 13 heavy (non-hydrogen) atoms. The van der Waals surface area contributed by atoms with Gasteiger partial charge in [-0.05, 0) is 30.6 Å². The van der Waals surface area contributed by atoms with Crippen molar-refractivity contribution in [3.05, 3.63) is 0 Å². The summed E-state index contributed by atoms with van der Waals surface area (Å²) in [5.74, 6) is 1.04. The molecule has 0 spiro atoms. The first-order valence-electron chi connectivity index (χ1n) is 5.82. The molecule has 0 atom stereocenters. The molecule has 1 saturated carbocycles. The SMILES string of the molecule is CCC(CC)(CBr)CC1CCCC1. The van der Waals surface area contributed by atoms with Crippen molar-refractivity contribution in [1.82, 2.24) is 0 Å². The lowest BCUT2D eigenvalue weighted by Crippen LogP contribution is -2.23. The second-order valence-electron chi connectivity index (χ2n) is 4.70. The molecule has 0 amide bonds. The van der Waals surface area contributed by atoms with Crippen LogP contribution < -0.4 is 0 Å². The number of hydrogen-bond donors (Lipinski definition) is 0. The van der Waals surface area contributed by atoms with Gasteiger partial charge in [0.05, 0.1) is 0 Å². The first-order valence-corrected chi connectivity index (χ1v) is 6.94. The van der Waals surface area contributed by atoms with Crippen LogP contribution in [0.3, 0.4) is 0 Å². The smallest absolute Gasteiger partial charge is 0.00878 e. The van der Waals surface area contributed by atoms with E-state index in [2.05, 4.69) is 29.8 Å². The average molecular weight is 247 g/mol. The lowest BCUT2D eigenvalue weighted by molar-refractivity contribution is 0.230. The van der Waals surface area contributed by atoms with Crippen molar-refractivity contribution in [2.45, 2.75) is 58.8 Å². The molecule has 0 aromatic heterocycles. The van der Waals surface area contributed by atoms with Crippen LogP contribution in [0.25, 0.3) is 0 Å². The summed E-state index contributed by atoms with van der Waals surface area (Å²) in [4.78, 5) is 0. The molecule has 1 aliphatic rings. The van der Waals surface area contributed by atoms with Crippen molar-refractivity contribution < 1.29 is 0 Å². The van der Waals surface area contributed by atoms with Crippen LogP contribution in [-0.4, -0.2) is 5.33 Å². The summed E-state index contributed by atoms with van der Waals surface area (Å²) >= 11 is 3.70. The van der Waals surface area contributed by atoms with Crippen LogP contribution in [0.1, 0.15) is 58.8 Å². The zero-order valence-corrected chi connectivity index (χ0v) is 10.7. The fourth-order valence-corrected chi connectivity index (χ4v) is 3.63. The van der Waals surface area contributed by atoms with Gasteiger partial charge < -0.3 is 0 Å². The van der Waals surface area contributed by atoms with Gasteiger partial charge in [-0.25, -0.2) is 0 Å². The molecule has 1 heteroatoms. The molecular formula is C12H23Br. The highest BCUT2D eigenvalue weighted by Gasteiger charge is 2.29. The second kappa shape index (κ2) is 5.38. The largest absolute Gasteiger partial charge is 0.0922 e. The van der Waals surface area contributed by atoms with Crippen molar-refractivity contribution in [2.75, 3.05) is 5.33 Å². The van der Waals surface area contributed by atoms with E-state index in [-0.39, 0.29) is 0 Å². The number of alkyl halides is 1. The number of rotatable bonds is 5. The normalized spacial score (nSPS) is 19.6. The van der Waals surface area contributed by atoms with Crippen LogP contribution in [0.4, 0.5) is 0 Å². The summed E-state index contributed by atoms with van der Waals surface area (Å²) in [5, 5.41) is 1.20. The van der Waals surface area contributed by atoms with Gasteiger partial charge in [-0.15, -0.1) is 0 Å². The van der Waals surface area contributed by atoms with Gasteiger partial charge in [0.15, 0.2) is 0 Å². The van der Waals surface area contributed by atoms with E-state index in [1.807, 2.05) is 0 Å². The van der Waals surface area contributed by atoms with E-state index in [0.717, 1.165) is 5.92 Å². The standard InChI is InChI=1S/C12H23Br/c1-3-12(4-2,10-13)9-11-7-5-6-8-11/h11H,3-10H2,1-2H3. The van der Waals surface area contributed by atoms with E-state index in [1.54, 1.807) is 0 Å². The lowest BCUT2D eigenvalue weighted by Gasteiger charge is -2.32. The molecule has 0 aromatic carbocycles. The summed E-state index contributed by atoms with van der Waals surface area (Å²) < 4.78 is 0. The van der Waals surface area contributed by atoms with Crippen molar-refractivity contribution in [3.8, 4) is 0 Å². The first-order chi connectivity index (χ1) is 6.26. The van der Waals surface area contributed by atoms with Gasteiger partial charge in [-0.1, -0.05) is 55.5 Å². The fraction of sp³-hybridized carbons (Fsp3) is 1.00. The summed E-state index contributed by atoms with van der Waals surface area (Å²) in [6.45, 7) is 4.69. The van der Waals surface area contributed by atoms with Crippen LogP contribution in [-0.2, 0) is 0 Å². The van der Waals surface area contributed by atoms with E-state index in [9.17, 15) is 0 Å². The molecule has 0 aliphatic heterocycles. The van der Waals surface area contributed by atoms with Gasteiger partial charge in [0, 0.05) is 5.33 Å². The highest BCUT2D eigenvalue weighted by atomic mass is 79.9. The zero-order chi connectivity index (χ0) is 9.73. The molecule has 0 bridgehead atoms. The molecule has 0 heterocycles. The lowest BCUT2D eigenvalue weighted by atomic mass is 9.76. The van der Waals surface area contributed by atoms with Crippen LogP contribution in [0.2, 0.25) is 0 Å². The minimum atomic E-state index is 0.606. The Labute approximate surface area is 91.6 Å². The highest BCUT2D eigenvalue weighted by Crippen LogP contribution is 2.41. The molecule has 0 N–H and O–H groups in total. The number of hydrogen-bond acceptors (Lipinski definition) is 0.